The third-order valence-electron chi connectivity index (χ3n) is 1.35. The van der Waals surface area contributed by atoms with Gasteiger partial charge in [0.05, 0.1) is 6.33 Å². The first-order chi connectivity index (χ1) is 5.18. The van der Waals surface area contributed by atoms with Crippen LogP contribution < -0.4 is 5.56 Å². The van der Waals surface area contributed by atoms with Gasteiger partial charge in [-0.3, -0.25) is 4.79 Å². The van der Waals surface area contributed by atoms with Gasteiger partial charge in [0.2, 0.25) is 0 Å². The largest absolute Gasteiger partial charge is 0.313 e. The molecule has 0 aliphatic rings. The molecule has 0 saturated heterocycles. The fourth-order valence-corrected chi connectivity index (χ4v) is 0.939. The van der Waals surface area contributed by atoms with E-state index in [0.29, 0.717) is 5.92 Å². The molecule has 0 unspecified atom stereocenters. The van der Waals surface area contributed by atoms with Gasteiger partial charge in [-0.2, -0.15) is 0 Å². The summed E-state index contributed by atoms with van der Waals surface area (Å²) in [6, 6.07) is 1.54. The minimum absolute atomic E-state index is 0.0735. The molecule has 0 aliphatic carbocycles. The van der Waals surface area contributed by atoms with Gasteiger partial charge < -0.3 is 4.98 Å². The molecular weight excluding hydrogens is 140 g/mol. The van der Waals surface area contributed by atoms with Crippen LogP contribution >= 0.6 is 0 Å². The lowest BCUT2D eigenvalue weighted by Crippen LogP contribution is -2.08. The summed E-state index contributed by atoms with van der Waals surface area (Å²) in [4.78, 5) is 17.3. The molecule has 0 atom stereocenters. The summed E-state index contributed by atoms with van der Waals surface area (Å²) in [5.74, 6) is 0.546. The normalized spacial score (nSPS) is 10.5. The van der Waals surface area contributed by atoms with Crippen LogP contribution in [0.3, 0.4) is 0 Å². The first kappa shape index (κ1) is 7.98. The molecule has 0 amide bonds. The number of H-pyrrole nitrogens is 1. The Labute approximate surface area is 65.5 Å². The summed E-state index contributed by atoms with van der Waals surface area (Å²) in [6.07, 6.45) is 2.31. The average molecular weight is 152 g/mol. The van der Waals surface area contributed by atoms with Gasteiger partial charge in [0.25, 0.3) is 5.56 Å². The summed E-state index contributed by atoms with van der Waals surface area (Å²) in [6.45, 7) is 4.20. The lowest BCUT2D eigenvalue weighted by Gasteiger charge is -2.01. The van der Waals surface area contributed by atoms with E-state index in [4.69, 9.17) is 0 Å². The second kappa shape index (κ2) is 3.32. The van der Waals surface area contributed by atoms with E-state index in [0.717, 1.165) is 12.1 Å². The van der Waals surface area contributed by atoms with E-state index in [1.54, 1.807) is 6.07 Å². The maximum absolute atomic E-state index is 10.8. The number of rotatable bonds is 2. The molecule has 0 fully saturated rings. The van der Waals surface area contributed by atoms with Crippen molar-refractivity contribution < 1.29 is 0 Å². The molecule has 0 radical (unpaired) electrons. The number of nitrogens with zero attached hydrogens (tertiary/aromatic N) is 1. The zero-order chi connectivity index (χ0) is 8.27. The van der Waals surface area contributed by atoms with Crippen LogP contribution in [0.2, 0.25) is 0 Å². The molecular formula is C8H12N2O. The maximum Gasteiger partial charge on any atom is 0.250 e. The Morgan fingerprint density at radius 3 is 2.91 bits per heavy atom. The highest BCUT2D eigenvalue weighted by Gasteiger charge is 1.98. The van der Waals surface area contributed by atoms with Crippen LogP contribution in [-0.2, 0) is 6.42 Å². The van der Waals surface area contributed by atoms with Crippen molar-refractivity contribution in [3.63, 3.8) is 0 Å². The first-order valence-electron chi connectivity index (χ1n) is 3.72. The minimum Gasteiger partial charge on any atom is -0.313 e. The molecule has 1 rings (SSSR count). The molecule has 3 heteroatoms. The lowest BCUT2D eigenvalue weighted by atomic mass is 10.1. The van der Waals surface area contributed by atoms with Crippen molar-refractivity contribution in [3.8, 4) is 0 Å². The Balaban J connectivity index is 2.80. The SMILES string of the molecule is CC(C)Cc1cc(=O)[nH]cn1. The number of aromatic amines is 1. The highest BCUT2D eigenvalue weighted by atomic mass is 16.1. The van der Waals surface area contributed by atoms with Crippen molar-refractivity contribution in [3.05, 3.63) is 28.4 Å². The second-order valence-electron chi connectivity index (χ2n) is 3.00. The highest BCUT2D eigenvalue weighted by Crippen LogP contribution is 2.00. The summed E-state index contributed by atoms with van der Waals surface area (Å²) < 4.78 is 0. The fraction of sp³-hybridized carbons (Fsp3) is 0.500. The van der Waals surface area contributed by atoms with Gasteiger partial charge in [-0.25, -0.2) is 4.98 Å². The maximum atomic E-state index is 10.8. The van der Waals surface area contributed by atoms with E-state index in [1.807, 2.05) is 0 Å². The van der Waals surface area contributed by atoms with Crippen molar-refractivity contribution in [2.45, 2.75) is 20.3 Å². The minimum atomic E-state index is -0.0735. The third-order valence-corrected chi connectivity index (χ3v) is 1.35. The van der Waals surface area contributed by atoms with Gasteiger partial charge in [-0.05, 0) is 12.3 Å². The predicted octanol–water partition coefficient (Wildman–Crippen LogP) is 0.968. The van der Waals surface area contributed by atoms with Crippen LogP contribution in [0.25, 0.3) is 0 Å². The van der Waals surface area contributed by atoms with Crippen molar-refractivity contribution in [2.75, 3.05) is 0 Å². The fourth-order valence-electron chi connectivity index (χ4n) is 0.939. The van der Waals surface area contributed by atoms with Gasteiger partial charge in [0.15, 0.2) is 0 Å². The van der Waals surface area contributed by atoms with Gasteiger partial charge in [-0.1, -0.05) is 13.8 Å². The first-order valence-corrected chi connectivity index (χ1v) is 3.72. The van der Waals surface area contributed by atoms with Gasteiger partial charge >= 0.3 is 0 Å². The Kier molecular flexibility index (Phi) is 2.41. The molecule has 0 aromatic carbocycles. The van der Waals surface area contributed by atoms with Crippen molar-refractivity contribution in [1.29, 1.82) is 0 Å². The van der Waals surface area contributed by atoms with Crippen LogP contribution in [0, 0.1) is 5.92 Å². The zero-order valence-electron chi connectivity index (χ0n) is 6.79. The molecule has 1 aromatic heterocycles. The number of nitrogens with one attached hydrogen (secondary N) is 1. The smallest absolute Gasteiger partial charge is 0.250 e. The second-order valence-corrected chi connectivity index (χ2v) is 3.00. The van der Waals surface area contributed by atoms with E-state index in [9.17, 15) is 4.79 Å². The van der Waals surface area contributed by atoms with E-state index < -0.39 is 0 Å². The predicted molar refractivity (Wildman–Crippen MR) is 43.4 cm³/mol. The molecule has 0 saturated carbocycles. The van der Waals surface area contributed by atoms with Crippen LogP contribution in [0.5, 0.6) is 0 Å². The quantitative estimate of drug-likeness (QED) is 0.686. The number of aromatic nitrogens is 2. The van der Waals surface area contributed by atoms with Crippen LogP contribution in [-0.4, -0.2) is 9.97 Å². The molecule has 3 nitrogen and oxygen atoms in total. The summed E-state index contributed by atoms with van der Waals surface area (Å²) >= 11 is 0. The van der Waals surface area contributed by atoms with E-state index >= 15 is 0 Å². The Bertz CT molecular complexity index is 277. The monoisotopic (exact) mass is 152 g/mol. The number of hydrogen-bond acceptors (Lipinski definition) is 2. The standard InChI is InChI=1S/C8H12N2O/c1-6(2)3-7-4-8(11)10-5-9-7/h4-6H,3H2,1-2H3,(H,9,10,11). The summed E-state index contributed by atoms with van der Waals surface area (Å²) in [7, 11) is 0. The van der Waals surface area contributed by atoms with Gasteiger partial charge in [0.1, 0.15) is 0 Å². The molecule has 1 heterocycles. The average Bonchev–Trinajstić information content (AvgIpc) is 1.85. The molecule has 60 valence electrons. The molecule has 1 N–H and O–H groups in total. The molecule has 0 spiro atoms. The highest BCUT2D eigenvalue weighted by molar-refractivity contribution is 4.98. The summed E-state index contributed by atoms with van der Waals surface area (Å²) in [5, 5.41) is 0. The van der Waals surface area contributed by atoms with Crippen molar-refractivity contribution in [1.82, 2.24) is 9.97 Å². The van der Waals surface area contributed by atoms with Gasteiger partial charge in [-0.15, -0.1) is 0 Å². The topological polar surface area (TPSA) is 45.8 Å². The van der Waals surface area contributed by atoms with Gasteiger partial charge in [0, 0.05) is 11.8 Å². The Morgan fingerprint density at radius 2 is 2.36 bits per heavy atom. The van der Waals surface area contributed by atoms with E-state index in [-0.39, 0.29) is 5.56 Å². The number of hydrogen-bond donors (Lipinski definition) is 1. The molecule has 0 aliphatic heterocycles. The van der Waals surface area contributed by atoms with Crippen LogP contribution in [0.1, 0.15) is 19.5 Å². The summed E-state index contributed by atoms with van der Waals surface area (Å²) in [5.41, 5.74) is 0.791. The molecule has 11 heavy (non-hydrogen) atoms. The van der Waals surface area contributed by atoms with E-state index in [2.05, 4.69) is 23.8 Å². The Morgan fingerprint density at radius 1 is 1.64 bits per heavy atom. The zero-order valence-corrected chi connectivity index (χ0v) is 6.79. The molecule has 0 bridgehead atoms. The Hall–Kier alpha value is -1.12. The van der Waals surface area contributed by atoms with Crippen molar-refractivity contribution >= 4 is 0 Å². The third kappa shape index (κ3) is 2.53. The lowest BCUT2D eigenvalue weighted by molar-refractivity contribution is 0.633. The van der Waals surface area contributed by atoms with Crippen LogP contribution in [0.4, 0.5) is 0 Å². The molecule has 1 aromatic rings. The van der Waals surface area contributed by atoms with Crippen molar-refractivity contribution in [2.24, 2.45) is 5.92 Å². The van der Waals surface area contributed by atoms with E-state index in [1.165, 1.54) is 6.33 Å². The van der Waals surface area contributed by atoms with Crippen LogP contribution in [0.15, 0.2) is 17.2 Å².